The summed E-state index contributed by atoms with van der Waals surface area (Å²) in [5.74, 6) is 5.91. The topological polar surface area (TPSA) is 23.5 Å². The molecule has 1 rings (SSSR count). The Morgan fingerprint density at radius 1 is 1.22 bits per heavy atom. The first-order valence-corrected chi connectivity index (χ1v) is 7.86. The number of aliphatic hydroxyl groups is 1. The van der Waals surface area contributed by atoms with Gasteiger partial charge in [0.2, 0.25) is 0 Å². The summed E-state index contributed by atoms with van der Waals surface area (Å²) in [4.78, 5) is 2.00. The van der Waals surface area contributed by atoms with E-state index in [1.807, 2.05) is 24.1 Å². The van der Waals surface area contributed by atoms with Crippen LogP contribution in [0.2, 0.25) is 0 Å². The Hall–Kier alpha value is -1.63. The van der Waals surface area contributed by atoms with Gasteiger partial charge in [0.25, 0.3) is 0 Å². The smallest absolute Gasteiger partial charge is 0.127 e. The fourth-order valence-corrected chi connectivity index (χ4v) is 1.98. The van der Waals surface area contributed by atoms with Crippen molar-refractivity contribution in [3.8, 4) is 11.8 Å². The zero-order chi connectivity index (χ0) is 17.7. The predicted octanol–water partition coefficient (Wildman–Crippen LogP) is 4.09. The zero-order valence-electron chi connectivity index (χ0n) is 15.1. The molecule has 23 heavy (non-hydrogen) atoms. The monoisotopic (exact) mass is 317 g/mol. The van der Waals surface area contributed by atoms with Gasteiger partial charge in [-0.15, -0.1) is 0 Å². The predicted molar refractivity (Wildman–Crippen MR) is 94.3 cm³/mol. The second-order valence-corrected chi connectivity index (χ2v) is 7.48. The Bertz CT molecular complexity index is 609. The van der Waals surface area contributed by atoms with Gasteiger partial charge < -0.3 is 5.11 Å². The van der Waals surface area contributed by atoms with Gasteiger partial charge in [0.05, 0.1) is 5.60 Å². The number of nitrogens with zero attached hydrogens (tertiary/aromatic N) is 1. The van der Waals surface area contributed by atoms with Gasteiger partial charge in [0.1, 0.15) is 5.82 Å². The lowest BCUT2D eigenvalue weighted by Crippen LogP contribution is -2.20. The minimum Gasteiger partial charge on any atom is -0.386 e. The van der Waals surface area contributed by atoms with Gasteiger partial charge in [0.15, 0.2) is 0 Å². The Morgan fingerprint density at radius 3 is 2.43 bits per heavy atom. The molecule has 0 heterocycles. The molecule has 2 nitrogen and oxygen atoms in total. The molecular weight excluding hydrogens is 289 g/mol. The standard InChI is InChI=1S/C20H28FNO/c1-19(2,3)12-8-7-9-13-22(6)15-16-14-17(20(4,5)23)10-11-18(16)21/h7,9-11,14,23H,13,15H2,1-6H3. The van der Waals surface area contributed by atoms with Crippen LogP contribution < -0.4 is 0 Å². The van der Waals surface area contributed by atoms with Crippen molar-refractivity contribution < 1.29 is 9.50 Å². The van der Waals surface area contributed by atoms with Crippen molar-refractivity contribution in [1.82, 2.24) is 4.90 Å². The molecule has 0 aliphatic rings. The molecule has 3 heteroatoms. The molecule has 1 aromatic rings. The van der Waals surface area contributed by atoms with E-state index in [2.05, 4.69) is 32.6 Å². The summed E-state index contributed by atoms with van der Waals surface area (Å²) in [5, 5.41) is 10.0. The van der Waals surface area contributed by atoms with E-state index < -0.39 is 5.60 Å². The molecule has 1 N–H and O–H groups in total. The number of likely N-dealkylation sites (N-methyl/N-ethyl adjacent to an activating group) is 1. The van der Waals surface area contributed by atoms with E-state index in [0.717, 1.165) is 0 Å². The zero-order valence-corrected chi connectivity index (χ0v) is 15.1. The average Bonchev–Trinajstić information content (AvgIpc) is 2.38. The maximum absolute atomic E-state index is 13.9. The van der Waals surface area contributed by atoms with Gasteiger partial charge in [-0.25, -0.2) is 4.39 Å². The van der Waals surface area contributed by atoms with E-state index in [0.29, 0.717) is 24.2 Å². The first kappa shape index (κ1) is 19.4. The van der Waals surface area contributed by atoms with Crippen molar-refractivity contribution in [3.63, 3.8) is 0 Å². The summed E-state index contributed by atoms with van der Waals surface area (Å²) in [6.45, 7) is 10.8. The van der Waals surface area contributed by atoms with Gasteiger partial charge in [-0.05, 0) is 65.4 Å². The van der Waals surface area contributed by atoms with Crippen LogP contribution in [0.1, 0.15) is 45.7 Å². The van der Waals surface area contributed by atoms with Crippen molar-refractivity contribution in [2.45, 2.75) is 46.8 Å². The van der Waals surface area contributed by atoms with E-state index in [4.69, 9.17) is 0 Å². The maximum atomic E-state index is 13.9. The third-order valence-electron chi connectivity index (χ3n) is 3.26. The fourth-order valence-electron chi connectivity index (χ4n) is 1.98. The lowest BCUT2D eigenvalue weighted by atomic mass is 9.96. The molecule has 0 aliphatic carbocycles. The van der Waals surface area contributed by atoms with Crippen molar-refractivity contribution in [1.29, 1.82) is 0 Å². The highest BCUT2D eigenvalue weighted by atomic mass is 19.1. The van der Waals surface area contributed by atoms with Crippen LogP contribution >= 0.6 is 0 Å². The molecule has 126 valence electrons. The second kappa shape index (κ2) is 7.77. The lowest BCUT2D eigenvalue weighted by molar-refractivity contribution is 0.0783. The van der Waals surface area contributed by atoms with E-state index in [9.17, 15) is 9.50 Å². The molecule has 0 bridgehead atoms. The minimum absolute atomic E-state index is 0.00307. The highest BCUT2D eigenvalue weighted by molar-refractivity contribution is 5.28. The first-order valence-electron chi connectivity index (χ1n) is 7.86. The van der Waals surface area contributed by atoms with Gasteiger partial charge in [-0.3, -0.25) is 4.90 Å². The van der Waals surface area contributed by atoms with Crippen LogP contribution in [0.15, 0.2) is 30.4 Å². The third-order valence-corrected chi connectivity index (χ3v) is 3.26. The second-order valence-electron chi connectivity index (χ2n) is 7.48. The lowest BCUT2D eigenvalue weighted by Gasteiger charge is -2.20. The Morgan fingerprint density at radius 2 is 1.87 bits per heavy atom. The van der Waals surface area contributed by atoms with Crippen molar-refractivity contribution in [3.05, 3.63) is 47.3 Å². The van der Waals surface area contributed by atoms with Crippen molar-refractivity contribution in [2.75, 3.05) is 13.6 Å². The normalized spacial score (nSPS) is 12.6. The van der Waals surface area contributed by atoms with E-state index in [-0.39, 0.29) is 11.2 Å². The number of allylic oxidation sites excluding steroid dienone is 1. The summed E-state index contributed by atoms with van der Waals surface area (Å²) in [6, 6.07) is 4.77. The molecule has 0 unspecified atom stereocenters. The number of rotatable bonds is 5. The van der Waals surface area contributed by atoms with E-state index in [1.54, 1.807) is 26.0 Å². The van der Waals surface area contributed by atoms with Crippen LogP contribution in [-0.4, -0.2) is 23.6 Å². The summed E-state index contributed by atoms with van der Waals surface area (Å²) in [7, 11) is 1.93. The molecule has 0 amide bonds. The summed E-state index contributed by atoms with van der Waals surface area (Å²) < 4.78 is 13.9. The van der Waals surface area contributed by atoms with E-state index in [1.165, 1.54) is 6.07 Å². The van der Waals surface area contributed by atoms with Crippen LogP contribution in [0.25, 0.3) is 0 Å². The maximum Gasteiger partial charge on any atom is 0.127 e. The molecule has 0 aromatic heterocycles. The van der Waals surface area contributed by atoms with Gasteiger partial charge in [-0.2, -0.15) is 0 Å². The number of hydrogen-bond donors (Lipinski definition) is 1. The fraction of sp³-hybridized carbons (Fsp3) is 0.500. The molecule has 1 aromatic carbocycles. The number of benzene rings is 1. The van der Waals surface area contributed by atoms with Crippen LogP contribution in [-0.2, 0) is 12.1 Å². The minimum atomic E-state index is -0.969. The van der Waals surface area contributed by atoms with Crippen molar-refractivity contribution >= 4 is 0 Å². The molecule has 0 saturated carbocycles. The van der Waals surface area contributed by atoms with Crippen molar-refractivity contribution in [2.24, 2.45) is 5.41 Å². The Labute approximate surface area is 140 Å². The Balaban J connectivity index is 2.69. The summed E-state index contributed by atoms with van der Waals surface area (Å²) in [6.07, 6.45) is 3.81. The highest BCUT2D eigenvalue weighted by Gasteiger charge is 2.17. The molecule has 0 spiro atoms. The molecule has 0 radical (unpaired) electrons. The van der Waals surface area contributed by atoms with Crippen LogP contribution in [0.4, 0.5) is 4.39 Å². The van der Waals surface area contributed by atoms with Gasteiger partial charge >= 0.3 is 0 Å². The SMILES string of the molecule is CN(CC=CC#CC(C)(C)C)Cc1cc(C(C)(C)O)ccc1F. The quantitative estimate of drug-likeness (QED) is 0.827. The Kier molecular flexibility index (Phi) is 6.56. The molecule has 0 aliphatic heterocycles. The number of hydrogen-bond acceptors (Lipinski definition) is 2. The van der Waals surface area contributed by atoms with Gasteiger partial charge in [0, 0.05) is 24.1 Å². The molecule has 0 fully saturated rings. The van der Waals surface area contributed by atoms with Crippen LogP contribution in [0, 0.1) is 23.1 Å². The molecule has 0 saturated heterocycles. The third kappa shape index (κ3) is 7.45. The average molecular weight is 317 g/mol. The first-order chi connectivity index (χ1) is 10.5. The highest BCUT2D eigenvalue weighted by Crippen LogP contribution is 2.22. The van der Waals surface area contributed by atoms with Crippen LogP contribution in [0.3, 0.4) is 0 Å². The molecule has 0 atom stereocenters. The summed E-state index contributed by atoms with van der Waals surface area (Å²) >= 11 is 0. The van der Waals surface area contributed by atoms with Gasteiger partial charge in [-0.1, -0.05) is 24.0 Å². The van der Waals surface area contributed by atoms with Crippen LogP contribution in [0.5, 0.6) is 0 Å². The summed E-state index contributed by atoms with van der Waals surface area (Å²) in [5.41, 5.74) is 0.329. The largest absolute Gasteiger partial charge is 0.386 e. The van der Waals surface area contributed by atoms with E-state index >= 15 is 0 Å². The molecular formula is C20H28FNO. The number of halogens is 1.